The minimum atomic E-state index is 0.0281. The highest BCUT2D eigenvalue weighted by Crippen LogP contribution is 2.32. The second-order valence-corrected chi connectivity index (χ2v) is 7.13. The van der Waals surface area contributed by atoms with Crippen molar-refractivity contribution in [2.45, 2.75) is 51.2 Å². The van der Waals surface area contributed by atoms with Gasteiger partial charge in [0.25, 0.3) is 5.91 Å². The second kappa shape index (κ2) is 7.00. The zero-order valence-corrected chi connectivity index (χ0v) is 14.7. The van der Waals surface area contributed by atoms with E-state index in [1.165, 1.54) is 24.8 Å². The molecule has 2 aromatic rings. The van der Waals surface area contributed by atoms with Crippen LogP contribution in [0.25, 0.3) is 0 Å². The highest BCUT2D eigenvalue weighted by molar-refractivity contribution is 5.93. The van der Waals surface area contributed by atoms with Crippen LogP contribution in [0.2, 0.25) is 0 Å². The molecule has 0 bridgehead atoms. The summed E-state index contributed by atoms with van der Waals surface area (Å²) in [7, 11) is 0. The Bertz CT molecular complexity index is 728. The van der Waals surface area contributed by atoms with Gasteiger partial charge in [0.05, 0.1) is 0 Å². The maximum Gasteiger partial charge on any atom is 0.276 e. The van der Waals surface area contributed by atoms with E-state index in [1.54, 1.807) is 0 Å². The predicted octanol–water partition coefficient (Wildman–Crippen LogP) is 3.25. The summed E-state index contributed by atoms with van der Waals surface area (Å²) in [6, 6.07) is 11.4. The van der Waals surface area contributed by atoms with Crippen LogP contribution in [0, 0.1) is 6.92 Å². The molecule has 1 amide bonds. The molecular weight excluding hydrogens is 314 g/mol. The van der Waals surface area contributed by atoms with E-state index in [0.29, 0.717) is 17.5 Å². The maximum absolute atomic E-state index is 12.9. The molecule has 0 radical (unpaired) electrons. The van der Waals surface area contributed by atoms with Gasteiger partial charge in [-0.05, 0) is 44.7 Å². The number of rotatable bonds is 4. The van der Waals surface area contributed by atoms with Crippen LogP contribution in [-0.4, -0.2) is 45.9 Å². The fraction of sp³-hybridized carbons (Fsp3) is 0.500. The van der Waals surface area contributed by atoms with Crippen LogP contribution >= 0.6 is 0 Å². The van der Waals surface area contributed by atoms with Crippen LogP contribution in [0.1, 0.15) is 47.5 Å². The molecule has 132 valence electrons. The first-order valence-electron chi connectivity index (χ1n) is 9.23. The number of nitrogens with zero attached hydrogens (tertiary/aromatic N) is 3. The molecule has 25 heavy (non-hydrogen) atoms. The number of carbonyl (C=O) groups is 1. The highest BCUT2D eigenvalue weighted by Gasteiger charge is 2.40. The smallest absolute Gasteiger partial charge is 0.276 e. The van der Waals surface area contributed by atoms with Crippen molar-refractivity contribution < 1.29 is 9.21 Å². The zero-order valence-electron chi connectivity index (χ0n) is 14.7. The van der Waals surface area contributed by atoms with Crippen molar-refractivity contribution >= 4 is 5.91 Å². The minimum absolute atomic E-state index is 0.0281. The van der Waals surface area contributed by atoms with E-state index in [1.807, 2.05) is 11.8 Å². The van der Waals surface area contributed by atoms with Crippen LogP contribution in [0.15, 0.2) is 41.1 Å². The average Bonchev–Trinajstić information content (AvgIpc) is 3.35. The maximum atomic E-state index is 12.9. The Morgan fingerprint density at radius 2 is 1.92 bits per heavy atom. The van der Waals surface area contributed by atoms with Gasteiger partial charge >= 0.3 is 0 Å². The van der Waals surface area contributed by atoms with Gasteiger partial charge in [0.2, 0.25) is 0 Å². The number of benzene rings is 1. The monoisotopic (exact) mass is 339 g/mol. The largest absolute Gasteiger partial charge is 0.448 e. The number of carbonyl (C=O) groups excluding carboxylic acids is 1. The van der Waals surface area contributed by atoms with Gasteiger partial charge in [-0.1, -0.05) is 30.3 Å². The molecule has 0 saturated carbocycles. The molecule has 0 unspecified atom stereocenters. The standard InChI is InChI=1S/C20H25N3O2/c1-15-19(21-14-25-15)20(24)23-12-6-10-18(23)17-9-5-11-22(17)13-16-7-3-2-4-8-16/h2-4,7-8,14,17-18H,5-6,9-13H2,1H3/t17-,18-/m0/s1. The fourth-order valence-corrected chi connectivity index (χ4v) is 4.39. The molecule has 4 rings (SSSR count). The Kier molecular flexibility index (Phi) is 4.57. The molecule has 0 aliphatic carbocycles. The van der Waals surface area contributed by atoms with E-state index in [9.17, 15) is 4.79 Å². The topological polar surface area (TPSA) is 49.6 Å². The predicted molar refractivity (Wildman–Crippen MR) is 95.2 cm³/mol. The van der Waals surface area contributed by atoms with Crippen LogP contribution in [0.4, 0.5) is 0 Å². The molecule has 1 aromatic heterocycles. The molecular formula is C20H25N3O2. The van der Waals surface area contributed by atoms with E-state index in [-0.39, 0.29) is 11.9 Å². The van der Waals surface area contributed by atoms with E-state index < -0.39 is 0 Å². The van der Waals surface area contributed by atoms with Crippen LogP contribution in [0.5, 0.6) is 0 Å². The molecule has 2 saturated heterocycles. The molecule has 5 nitrogen and oxygen atoms in total. The summed E-state index contributed by atoms with van der Waals surface area (Å²) < 4.78 is 5.24. The van der Waals surface area contributed by atoms with E-state index in [2.05, 4.69) is 40.2 Å². The summed E-state index contributed by atoms with van der Waals surface area (Å²) in [4.78, 5) is 21.7. The average molecular weight is 339 g/mol. The lowest BCUT2D eigenvalue weighted by atomic mass is 10.0. The Labute approximate surface area is 148 Å². The van der Waals surface area contributed by atoms with Gasteiger partial charge in [-0.2, -0.15) is 0 Å². The second-order valence-electron chi connectivity index (χ2n) is 7.13. The third-order valence-corrected chi connectivity index (χ3v) is 5.59. The number of oxazole rings is 1. The quantitative estimate of drug-likeness (QED) is 0.858. The Hall–Kier alpha value is -2.14. The van der Waals surface area contributed by atoms with Gasteiger partial charge in [0, 0.05) is 25.2 Å². The number of likely N-dealkylation sites (tertiary alicyclic amines) is 2. The van der Waals surface area contributed by atoms with Crippen LogP contribution in [-0.2, 0) is 6.54 Å². The summed E-state index contributed by atoms with van der Waals surface area (Å²) in [5.74, 6) is 0.642. The lowest BCUT2D eigenvalue weighted by Gasteiger charge is -2.35. The lowest BCUT2D eigenvalue weighted by Crippen LogP contribution is -2.48. The normalized spacial score (nSPS) is 24.1. The molecule has 2 aliphatic rings. The van der Waals surface area contributed by atoms with Gasteiger partial charge in [0.15, 0.2) is 12.1 Å². The van der Waals surface area contributed by atoms with Crippen molar-refractivity contribution in [3.8, 4) is 0 Å². The van der Waals surface area contributed by atoms with E-state index >= 15 is 0 Å². The Morgan fingerprint density at radius 1 is 1.16 bits per heavy atom. The Morgan fingerprint density at radius 3 is 2.68 bits per heavy atom. The fourth-order valence-electron chi connectivity index (χ4n) is 4.39. The first-order valence-corrected chi connectivity index (χ1v) is 9.23. The van der Waals surface area contributed by atoms with Gasteiger partial charge in [-0.25, -0.2) is 4.98 Å². The number of aryl methyl sites for hydroxylation is 1. The van der Waals surface area contributed by atoms with Crippen molar-refractivity contribution in [3.05, 3.63) is 53.7 Å². The summed E-state index contributed by atoms with van der Waals surface area (Å²) >= 11 is 0. The Balaban J connectivity index is 1.51. The van der Waals surface area contributed by atoms with Gasteiger partial charge < -0.3 is 9.32 Å². The van der Waals surface area contributed by atoms with Crippen LogP contribution in [0.3, 0.4) is 0 Å². The SMILES string of the molecule is Cc1ocnc1C(=O)N1CCC[C@H]1[C@@H]1CCCN1Cc1ccccc1. The molecule has 3 heterocycles. The summed E-state index contributed by atoms with van der Waals surface area (Å²) in [6.07, 6.45) is 5.89. The molecule has 2 aliphatic heterocycles. The molecule has 0 N–H and O–H groups in total. The molecule has 2 fully saturated rings. The molecule has 1 aromatic carbocycles. The van der Waals surface area contributed by atoms with Crippen molar-refractivity contribution in [3.63, 3.8) is 0 Å². The molecule has 5 heteroatoms. The van der Waals surface area contributed by atoms with Gasteiger partial charge in [-0.3, -0.25) is 9.69 Å². The van der Waals surface area contributed by atoms with E-state index in [4.69, 9.17) is 4.42 Å². The number of aromatic nitrogens is 1. The zero-order chi connectivity index (χ0) is 17.2. The third kappa shape index (κ3) is 3.21. The number of hydrogen-bond donors (Lipinski definition) is 0. The van der Waals surface area contributed by atoms with Crippen molar-refractivity contribution in [1.82, 2.24) is 14.8 Å². The highest BCUT2D eigenvalue weighted by atomic mass is 16.3. The first kappa shape index (κ1) is 16.3. The first-order chi connectivity index (χ1) is 12.2. The summed E-state index contributed by atoms with van der Waals surface area (Å²) in [5, 5.41) is 0. The lowest BCUT2D eigenvalue weighted by molar-refractivity contribution is 0.0632. The molecule has 0 spiro atoms. The van der Waals surface area contributed by atoms with E-state index in [0.717, 1.165) is 32.5 Å². The van der Waals surface area contributed by atoms with Crippen molar-refractivity contribution in [2.24, 2.45) is 0 Å². The number of amides is 1. The van der Waals surface area contributed by atoms with Gasteiger partial charge in [-0.15, -0.1) is 0 Å². The minimum Gasteiger partial charge on any atom is -0.448 e. The number of hydrogen-bond acceptors (Lipinski definition) is 4. The van der Waals surface area contributed by atoms with Crippen LogP contribution < -0.4 is 0 Å². The summed E-state index contributed by atoms with van der Waals surface area (Å²) in [6.45, 7) is 4.71. The summed E-state index contributed by atoms with van der Waals surface area (Å²) in [5.41, 5.74) is 1.82. The van der Waals surface area contributed by atoms with Crippen molar-refractivity contribution in [2.75, 3.05) is 13.1 Å². The molecule has 2 atom stereocenters. The van der Waals surface area contributed by atoms with Crippen molar-refractivity contribution in [1.29, 1.82) is 0 Å². The third-order valence-electron chi connectivity index (χ3n) is 5.59. The van der Waals surface area contributed by atoms with Gasteiger partial charge in [0.1, 0.15) is 5.76 Å².